The van der Waals surface area contributed by atoms with Crippen LogP contribution >= 0.6 is 0 Å². The van der Waals surface area contributed by atoms with Gasteiger partial charge in [-0.1, -0.05) is 18.6 Å². The molecule has 1 fully saturated rings. The van der Waals surface area contributed by atoms with Crippen LogP contribution in [0.2, 0.25) is 0 Å². The highest BCUT2D eigenvalue weighted by Crippen LogP contribution is 2.29. The number of anilines is 1. The fourth-order valence-electron chi connectivity index (χ4n) is 1.74. The van der Waals surface area contributed by atoms with Crippen molar-refractivity contribution >= 4 is 11.6 Å². The summed E-state index contributed by atoms with van der Waals surface area (Å²) in [5.74, 6) is 5.93. The molecule has 0 heterocycles. The van der Waals surface area contributed by atoms with Crippen molar-refractivity contribution in [2.45, 2.75) is 26.3 Å². The number of aryl methyl sites for hydroxylation is 1. The highest BCUT2D eigenvalue weighted by atomic mass is 16.1. The first kappa shape index (κ1) is 11.0. The van der Waals surface area contributed by atoms with Crippen molar-refractivity contribution in [1.82, 2.24) is 5.32 Å². The van der Waals surface area contributed by atoms with E-state index in [2.05, 4.69) is 17.7 Å². The molecule has 0 bridgehead atoms. The number of nitrogen functional groups attached to an aromatic ring is 1. The zero-order chi connectivity index (χ0) is 11.7. The lowest BCUT2D eigenvalue weighted by molar-refractivity contribution is 0.0950. The smallest absolute Gasteiger partial charge is 0.253 e. The van der Waals surface area contributed by atoms with Gasteiger partial charge in [-0.15, -0.1) is 0 Å². The molecule has 1 aromatic carbocycles. The third kappa shape index (κ3) is 2.17. The lowest BCUT2D eigenvalue weighted by Crippen LogP contribution is -2.28. The zero-order valence-corrected chi connectivity index (χ0v) is 9.58. The molecule has 4 nitrogen and oxygen atoms in total. The van der Waals surface area contributed by atoms with Gasteiger partial charge < -0.3 is 10.7 Å². The van der Waals surface area contributed by atoms with E-state index in [4.69, 9.17) is 5.84 Å². The van der Waals surface area contributed by atoms with Gasteiger partial charge in [-0.05, 0) is 31.4 Å². The Kier molecular flexibility index (Phi) is 2.83. The summed E-state index contributed by atoms with van der Waals surface area (Å²) in [5.41, 5.74) is 4.87. The number of nitrogens with two attached hydrogens (primary N) is 1. The van der Waals surface area contributed by atoms with Crippen molar-refractivity contribution in [3.05, 3.63) is 29.3 Å². The normalized spacial score (nSPS) is 22.7. The minimum absolute atomic E-state index is 0.0500. The van der Waals surface area contributed by atoms with Gasteiger partial charge in [0, 0.05) is 6.04 Å². The van der Waals surface area contributed by atoms with Crippen LogP contribution in [0.15, 0.2) is 18.2 Å². The van der Waals surface area contributed by atoms with Gasteiger partial charge in [0.2, 0.25) is 0 Å². The molecule has 16 heavy (non-hydrogen) atoms. The molecule has 0 spiro atoms. The van der Waals surface area contributed by atoms with Crippen molar-refractivity contribution < 1.29 is 4.79 Å². The Morgan fingerprint density at radius 2 is 2.19 bits per heavy atom. The van der Waals surface area contributed by atoms with Gasteiger partial charge in [-0.25, -0.2) is 0 Å². The minimum atomic E-state index is -0.0500. The number of carbonyl (C=O) groups excluding carboxylic acids is 1. The van der Waals surface area contributed by atoms with E-state index >= 15 is 0 Å². The lowest BCUT2D eigenvalue weighted by Gasteiger charge is -2.10. The van der Waals surface area contributed by atoms with E-state index < -0.39 is 0 Å². The summed E-state index contributed by atoms with van der Waals surface area (Å²) >= 11 is 0. The molecule has 86 valence electrons. The van der Waals surface area contributed by atoms with Crippen molar-refractivity contribution in [2.24, 2.45) is 11.8 Å². The SMILES string of the molecule is Cc1ccc(NN)c(C(=O)NC2CC2C)c1. The Morgan fingerprint density at radius 3 is 2.75 bits per heavy atom. The molecular weight excluding hydrogens is 202 g/mol. The summed E-state index contributed by atoms with van der Waals surface area (Å²) < 4.78 is 0. The van der Waals surface area contributed by atoms with Gasteiger partial charge >= 0.3 is 0 Å². The molecule has 2 unspecified atom stereocenters. The van der Waals surface area contributed by atoms with E-state index in [1.54, 1.807) is 0 Å². The molecule has 2 rings (SSSR count). The van der Waals surface area contributed by atoms with E-state index in [0.29, 0.717) is 23.2 Å². The summed E-state index contributed by atoms with van der Waals surface area (Å²) in [7, 11) is 0. The summed E-state index contributed by atoms with van der Waals surface area (Å²) in [5, 5.41) is 2.99. The number of hydrogen-bond acceptors (Lipinski definition) is 3. The quantitative estimate of drug-likeness (QED) is 0.532. The van der Waals surface area contributed by atoms with Gasteiger partial charge in [-0.2, -0.15) is 0 Å². The van der Waals surface area contributed by atoms with E-state index in [1.807, 2.05) is 25.1 Å². The average molecular weight is 219 g/mol. The number of hydrogen-bond donors (Lipinski definition) is 3. The number of benzene rings is 1. The fraction of sp³-hybridized carbons (Fsp3) is 0.417. The second kappa shape index (κ2) is 4.14. The first-order chi connectivity index (χ1) is 7.61. The van der Waals surface area contributed by atoms with Gasteiger partial charge in [0.05, 0.1) is 11.3 Å². The predicted molar refractivity (Wildman–Crippen MR) is 64.0 cm³/mol. The summed E-state index contributed by atoms with van der Waals surface area (Å²) in [4.78, 5) is 12.0. The summed E-state index contributed by atoms with van der Waals surface area (Å²) in [6.45, 7) is 4.08. The second-order valence-corrected chi connectivity index (χ2v) is 4.49. The molecule has 1 saturated carbocycles. The van der Waals surface area contributed by atoms with Crippen molar-refractivity contribution in [3.63, 3.8) is 0 Å². The molecule has 2 atom stereocenters. The largest absolute Gasteiger partial charge is 0.349 e. The van der Waals surface area contributed by atoms with Crippen LogP contribution in [0.1, 0.15) is 29.3 Å². The highest BCUT2D eigenvalue weighted by molar-refractivity contribution is 6.00. The third-order valence-corrected chi connectivity index (χ3v) is 3.00. The predicted octanol–water partition coefficient (Wildman–Crippen LogP) is 1.42. The molecule has 0 aromatic heterocycles. The number of carbonyl (C=O) groups is 1. The van der Waals surface area contributed by atoms with Crippen molar-refractivity contribution in [2.75, 3.05) is 5.43 Å². The van der Waals surface area contributed by atoms with Crippen LogP contribution in [0.25, 0.3) is 0 Å². The van der Waals surface area contributed by atoms with Crippen LogP contribution in [0.3, 0.4) is 0 Å². The van der Waals surface area contributed by atoms with E-state index in [1.165, 1.54) is 0 Å². The van der Waals surface area contributed by atoms with Crippen LogP contribution in [-0.4, -0.2) is 11.9 Å². The van der Waals surface area contributed by atoms with Gasteiger partial charge in [-0.3, -0.25) is 10.6 Å². The number of hydrazine groups is 1. The summed E-state index contributed by atoms with van der Waals surface area (Å²) in [6.07, 6.45) is 1.07. The fourth-order valence-corrected chi connectivity index (χ4v) is 1.74. The van der Waals surface area contributed by atoms with Crippen molar-refractivity contribution in [1.29, 1.82) is 0 Å². The van der Waals surface area contributed by atoms with Gasteiger partial charge in [0.15, 0.2) is 0 Å². The van der Waals surface area contributed by atoms with Crippen LogP contribution in [0.4, 0.5) is 5.69 Å². The molecular formula is C12H17N3O. The molecule has 0 aliphatic heterocycles. The minimum Gasteiger partial charge on any atom is -0.349 e. The molecule has 1 aliphatic carbocycles. The third-order valence-electron chi connectivity index (χ3n) is 3.00. The van der Waals surface area contributed by atoms with E-state index in [9.17, 15) is 4.79 Å². The van der Waals surface area contributed by atoms with E-state index in [-0.39, 0.29) is 5.91 Å². The lowest BCUT2D eigenvalue weighted by atomic mass is 10.1. The van der Waals surface area contributed by atoms with Crippen LogP contribution in [0, 0.1) is 12.8 Å². The summed E-state index contributed by atoms with van der Waals surface area (Å²) in [6, 6.07) is 5.92. The monoisotopic (exact) mass is 219 g/mol. The average Bonchev–Trinajstić information content (AvgIpc) is 2.94. The standard InChI is InChI=1S/C12H17N3O/c1-7-3-4-10(15-13)9(5-7)12(16)14-11-6-8(11)2/h3-5,8,11,15H,6,13H2,1-2H3,(H,14,16). The molecule has 1 amide bonds. The van der Waals surface area contributed by atoms with Crippen LogP contribution < -0.4 is 16.6 Å². The topological polar surface area (TPSA) is 67.1 Å². The van der Waals surface area contributed by atoms with Crippen LogP contribution in [-0.2, 0) is 0 Å². The second-order valence-electron chi connectivity index (χ2n) is 4.49. The van der Waals surface area contributed by atoms with Gasteiger partial charge in [0.25, 0.3) is 5.91 Å². The zero-order valence-electron chi connectivity index (χ0n) is 9.58. The first-order valence-corrected chi connectivity index (χ1v) is 5.50. The Hall–Kier alpha value is -1.55. The molecule has 1 aromatic rings. The Labute approximate surface area is 95.2 Å². The molecule has 0 radical (unpaired) electrons. The number of rotatable bonds is 3. The van der Waals surface area contributed by atoms with Gasteiger partial charge in [0.1, 0.15) is 0 Å². The maximum Gasteiger partial charge on any atom is 0.253 e. The maximum atomic E-state index is 12.0. The van der Waals surface area contributed by atoms with Crippen molar-refractivity contribution in [3.8, 4) is 0 Å². The molecule has 0 saturated heterocycles. The Bertz CT molecular complexity index is 417. The first-order valence-electron chi connectivity index (χ1n) is 5.50. The van der Waals surface area contributed by atoms with Crippen LogP contribution in [0.5, 0.6) is 0 Å². The highest BCUT2D eigenvalue weighted by Gasteiger charge is 2.34. The number of nitrogens with one attached hydrogen (secondary N) is 2. The Morgan fingerprint density at radius 1 is 1.50 bits per heavy atom. The Balaban J connectivity index is 2.17. The number of amides is 1. The molecule has 1 aliphatic rings. The molecule has 4 N–H and O–H groups in total. The molecule has 4 heteroatoms. The maximum absolute atomic E-state index is 12.0. The van der Waals surface area contributed by atoms with E-state index in [0.717, 1.165) is 12.0 Å².